The molecule has 1 atom stereocenters. The van der Waals surface area contributed by atoms with Crippen LogP contribution in [0.3, 0.4) is 0 Å². The van der Waals surface area contributed by atoms with E-state index in [0.717, 1.165) is 0 Å². The Morgan fingerprint density at radius 3 is 2.22 bits per heavy atom. The summed E-state index contributed by atoms with van der Waals surface area (Å²) in [7, 11) is 4.36. The smallest absolute Gasteiger partial charge is 0.319 e. The van der Waals surface area contributed by atoms with Crippen LogP contribution in [0.25, 0.3) is 0 Å². The second kappa shape index (κ2) is 7.52. The van der Waals surface area contributed by atoms with Gasteiger partial charge in [0.2, 0.25) is 0 Å². The number of amides is 2. The van der Waals surface area contributed by atoms with Gasteiger partial charge in [0.05, 0.1) is 19.4 Å². The van der Waals surface area contributed by atoms with Crippen molar-refractivity contribution in [3.05, 3.63) is 0 Å². The second-order valence-corrected chi connectivity index (χ2v) is 4.15. The van der Waals surface area contributed by atoms with Crippen LogP contribution >= 0.6 is 0 Å². The van der Waals surface area contributed by atoms with Gasteiger partial charge < -0.3 is 19.6 Å². The Morgan fingerprint density at radius 2 is 1.78 bits per heavy atom. The lowest BCUT2D eigenvalue weighted by molar-refractivity contribution is -0.141. The Kier molecular flexibility index (Phi) is 6.77. The molecule has 18 heavy (non-hydrogen) atoms. The summed E-state index contributed by atoms with van der Waals surface area (Å²) in [4.78, 5) is 36.1. The Balaban J connectivity index is 4.20. The van der Waals surface area contributed by atoms with Crippen LogP contribution in [0.2, 0.25) is 0 Å². The number of nitrogens with zero attached hydrogens (tertiary/aromatic N) is 2. The zero-order valence-electron chi connectivity index (χ0n) is 11.2. The fourth-order valence-corrected chi connectivity index (χ4v) is 1.32. The van der Waals surface area contributed by atoms with E-state index < -0.39 is 17.9 Å². The van der Waals surface area contributed by atoms with Gasteiger partial charge in [-0.1, -0.05) is 6.92 Å². The number of carbonyl (C=O) groups excluding carboxylic acids is 2. The molecule has 2 amide bonds. The predicted octanol–water partition coefficient (Wildman–Crippen LogP) is 0.254. The van der Waals surface area contributed by atoms with Crippen LogP contribution in [-0.2, 0) is 14.3 Å². The summed E-state index contributed by atoms with van der Waals surface area (Å²) in [5.74, 6) is -1.98. The van der Waals surface area contributed by atoms with Gasteiger partial charge in [-0.2, -0.15) is 0 Å². The lowest BCUT2D eigenvalue weighted by Crippen LogP contribution is -2.42. The minimum atomic E-state index is -0.952. The number of carboxylic acids is 1. The van der Waals surface area contributed by atoms with Crippen LogP contribution in [0, 0.1) is 5.92 Å². The van der Waals surface area contributed by atoms with Crippen molar-refractivity contribution in [2.24, 2.45) is 5.92 Å². The fourth-order valence-electron chi connectivity index (χ4n) is 1.32. The van der Waals surface area contributed by atoms with Crippen LogP contribution in [0.1, 0.15) is 13.3 Å². The molecule has 0 aromatic carbocycles. The molecule has 0 aliphatic rings. The van der Waals surface area contributed by atoms with Gasteiger partial charge in [0.25, 0.3) is 0 Å². The van der Waals surface area contributed by atoms with Gasteiger partial charge in [0.1, 0.15) is 0 Å². The third-order valence-corrected chi connectivity index (χ3v) is 2.50. The molecular weight excluding hydrogens is 240 g/mol. The summed E-state index contributed by atoms with van der Waals surface area (Å²) < 4.78 is 4.47. The zero-order chi connectivity index (χ0) is 14.3. The van der Waals surface area contributed by atoms with E-state index in [4.69, 9.17) is 5.11 Å². The predicted molar refractivity (Wildman–Crippen MR) is 64.1 cm³/mol. The molecule has 0 spiro atoms. The molecule has 0 saturated carbocycles. The van der Waals surface area contributed by atoms with Crippen LogP contribution in [-0.4, -0.2) is 67.2 Å². The molecule has 0 bridgehead atoms. The number of rotatable bonds is 6. The summed E-state index contributed by atoms with van der Waals surface area (Å²) in [5.41, 5.74) is 0. The third kappa shape index (κ3) is 5.51. The lowest BCUT2D eigenvalue weighted by atomic mass is 10.2. The maximum atomic E-state index is 11.8. The van der Waals surface area contributed by atoms with Crippen molar-refractivity contribution in [1.29, 1.82) is 0 Å². The molecule has 0 saturated heterocycles. The number of methoxy groups -OCH3 is 1. The maximum absolute atomic E-state index is 11.8. The molecule has 0 aromatic rings. The molecule has 7 heteroatoms. The molecule has 0 aliphatic heterocycles. The van der Waals surface area contributed by atoms with Crippen LogP contribution < -0.4 is 0 Å². The highest BCUT2D eigenvalue weighted by molar-refractivity contribution is 5.76. The highest BCUT2D eigenvalue weighted by Gasteiger charge is 2.20. The second-order valence-electron chi connectivity index (χ2n) is 4.15. The van der Waals surface area contributed by atoms with Gasteiger partial charge in [-0.05, 0) is 0 Å². The summed E-state index contributed by atoms with van der Waals surface area (Å²) >= 11 is 0. The van der Waals surface area contributed by atoms with E-state index in [-0.39, 0.29) is 25.5 Å². The van der Waals surface area contributed by atoms with Crippen LogP contribution in [0.15, 0.2) is 0 Å². The molecule has 0 heterocycles. The van der Waals surface area contributed by atoms with Crippen LogP contribution in [0.5, 0.6) is 0 Å². The van der Waals surface area contributed by atoms with E-state index in [1.165, 1.54) is 30.9 Å². The SMILES string of the molecule is COC(=O)CCN(C)C(=O)N(C)CC(C)C(=O)O. The Morgan fingerprint density at radius 1 is 1.22 bits per heavy atom. The van der Waals surface area contributed by atoms with Crippen molar-refractivity contribution < 1.29 is 24.2 Å². The van der Waals surface area contributed by atoms with Crippen molar-refractivity contribution in [2.45, 2.75) is 13.3 Å². The third-order valence-electron chi connectivity index (χ3n) is 2.50. The first-order chi connectivity index (χ1) is 8.29. The minimum Gasteiger partial charge on any atom is -0.481 e. The van der Waals surface area contributed by atoms with E-state index in [1.807, 2.05) is 0 Å². The number of esters is 1. The van der Waals surface area contributed by atoms with E-state index in [9.17, 15) is 14.4 Å². The quantitative estimate of drug-likeness (QED) is 0.692. The molecule has 0 radical (unpaired) electrons. The fraction of sp³-hybridized carbons (Fsp3) is 0.727. The first-order valence-corrected chi connectivity index (χ1v) is 5.55. The number of carboxylic acid groups (broad SMARTS) is 1. The normalized spacial score (nSPS) is 11.6. The average molecular weight is 260 g/mol. The van der Waals surface area contributed by atoms with Gasteiger partial charge in [0, 0.05) is 27.2 Å². The van der Waals surface area contributed by atoms with Crippen molar-refractivity contribution >= 4 is 18.0 Å². The standard InChI is InChI=1S/C11H20N2O5/c1-8(10(15)16)7-13(3)11(17)12(2)6-5-9(14)18-4/h8H,5-7H2,1-4H3,(H,15,16). The first kappa shape index (κ1) is 16.2. The number of ether oxygens (including phenoxy) is 1. The molecule has 1 N–H and O–H groups in total. The van der Waals surface area contributed by atoms with E-state index in [2.05, 4.69) is 4.74 Å². The Hall–Kier alpha value is -1.79. The molecular formula is C11H20N2O5. The summed E-state index contributed by atoms with van der Waals surface area (Å²) in [6.45, 7) is 1.88. The molecule has 0 aromatic heterocycles. The van der Waals surface area contributed by atoms with E-state index >= 15 is 0 Å². The van der Waals surface area contributed by atoms with Crippen molar-refractivity contribution in [3.8, 4) is 0 Å². The zero-order valence-corrected chi connectivity index (χ0v) is 11.2. The molecule has 0 rings (SSSR count). The molecule has 104 valence electrons. The van der Waals surface area contributed by atoms with E-state index in [1.54, 1.807) is 7.05 Å². The minimum absolute atomic E-state index is 0.112. The molecule has 0 fully saturated rings. The van der Waals surface area contributed by atoms with Crippen molar-refractivity contribution in [1.82, 2.24) is 9.80 Å². The first-order valence-electron chi connectivity index (χ1n) is 5.55. The maximum Gasteiger partial charge on any atom is 0.319 e. The molecule has 7 nitrogen and oxygen atoms in total. The summed E-state index contributed by atoms with van der Waals surface area (Å²) in [6.07, 6.45) is 0.112. The van der Waals surface area contributed by atoms with Gasteiger partial charge in [-0.25, -0.2) is 4.79 Å². The Labute approximate surface area is 106 Å². The van der Waals surface area contributed by atoms with Crippen molar-refractivity contribution in [3.63, 3.8) is 0 Å². The average Bonchev–Trinajstić information content (AvgIpc) is 2.33. The number of aliphatic carboxylic acids is 1. The van der Waals surface area contributed by atoms with Gasteiger partial charge in [-0.3, -0.25) is 9.59 Å². The Bertz CT molecular complexity index is 319. The molecule has 0 aliphatic carbocycles. The van der Waals surface area contributed by atoms with Gasteiger partial charge >= 0.3 is 18.0 Å². The number of carbonyl (C=O) groups is 3. The molecule has 1 unspecified atom stereocenters. The van der Waals surface area contributed by atoms with Gasteiger partial charge in [0.15, 0.2) is 0 Å². The summed E-state index contributed by atoms with van der Waals surface area (Å²) in [5, 5.41) is 8.75. The van der Waals surface area contributed by atoms with Gasteiger partial charge in [-0.15, -0.1) is 0 Å². The monoisotopic (exact) mass is 260 g/mol. The lowest BCUT2D eigenvalue weighted by Gasteiger charge is -2.25. The number of hydrogen-bond donors (Lipinski definition) is 1. The highest BCUT2D eigenvalue weighted by atomic mass is 16.5. The number of hydrogen-bond acceptors (Lipinski definition) is 4. The topological polar surface area (TPSA) is 87.2 Å². The number of urea groups is 1. The van der Waals surface area contributed by atoms with E-state index in [0.29, 0.717) is 0 Å². The van der Waals surface area contributed by atoms with Crippen LogP contribution in [0.4, 0.5) is 4.79 Å². The summed E-state index contributed by atoms with van der Waals surface area (Å²) in [6, 6.07) is -0.327. The highest BCUT2D eigenvalue weighted by Crippen LogP contribution is 2.02. The largest absolute Gasteiger partial charge is 0.481 e. The van der Waals surface area contributed by atoms with Crippen molar-refractivity contribution in [2.75, 3.05) is 34.3 Å².